The highest BCUT2D eigenvalue weighted by atomic mass is 16.5. The van der Waals surface area contributed by atoms with Crippen molar-refractivity contribution in [1.29, 1.82) is 0 Å². The second kappa shape index (κ2) is 46.2. The van der Waals surface area contributed by atoms with E-state index in [1.54, 1.807) is 0 Å². The Labute approximate surface area is 360 Å². The molecule has 0 aromatic carbocycles. The zero-order valence-corrected chi connectivity index (χ0v) is 38.7. The highest BCUT2D eigenvalue weighted by Gasteiger charge is 2.19. The number of unbranched alkanes of at least 4 members (excludes halogenated alkanes) is 31. The van der Waals surface area contributed by atoms with E-state index in [0.717, 1.165) is 64.2 Å². The molecule has 58 heavy (non-hydrogen) atoms. The number of carbonyl (C=O) groups excluding carboxylic acids is 2. The minimum absolute atomic E-state index is 0.0166. The standard InChI is InChI=1S/C51H98N2O5/c1-3-5-7-9-11-13-15-16-17-18-19-20-21-22-23-24-26-28-30-35-39-45-50(55)58-47(41-36-32-29-27-25-14-12-10-8-6-4-2)42-37-33-31-34-38-44-49(54)53-48(51(56)57)43-40-46-52/h18-19,47-48H,3-17,20-46,52H2,1-2H3,(H,53,54)(H,56,57)/b19-18-. The third-order valence-electron chi connectivity index (χ3n) is 11.8. The minimum Gasteiger partial charge on any atom is -0.480 e. The Hall–Kier alpha value is -1.89. The van der Waals surface area contributed by atoms with Crippen molar-refractivity contribution < 1.29 is 24.2 Å². The summed E-state index contributed by atoms with van der Waals surface area (Å²) in [5, 5.41) is 12.0. The number of aliphatic carboxylic acids is 1. The zero-order chi connectivity index (χ0) is 42.4. The normalized spacial score (nSPS) is 12.6. The number of rotatable bonds is 47. The van der Waals surface area contributed by atoms with Crippen LogP contribution in [0.1, 0.15) is 277 Å². The summed E-state index contributed by atoms with van der Waals surface area (Å²) in [5.41, 5.74) is 5.50. The van der Waals surface area contributed by atoms with Crippen molar-refractivity contribution in [2.24, 2.45) is 5.73 Å². The lowest BCUT2D eigenvalue weighted by atomic mass is 10.0. The smallest absolute Gasteiger partial charge is 0.326 e. The maximum absolute atomic E-state index is 12.9. The summed E-state index contributed by atoms with van der Waals surface area (Å²) < 4.78 is 6.08. The van der Waals surface area contributed by atoms with E-state index in [1.165, 1.54) is 173 Å². The topological polar surface area (TPSA) is 119 Å². The molecule has 2 atom stereocenters. The van der Waals surface area contributed by atoms with Crippen LogP contribution >= 0.6 is 0 Å². The molecule has 7 heteroatoms. The van der Waals surface area contributed by atoms with Crippen molar-refractivity contribution in [3.05, 3.63) is 12.2 Å². The number of nitrogens with one attached hydrogen (secondary N) is 1. The van der Waals surface area contributed by atoms with Crippen molar-refractivity contribution in [1.82, 2.24) is 5.32 Å². The van der Waals surface area contributed by atoms with Gasteiger partial charge in [0.15, 0.2) is 0 Å². The predicted octanol–water partition coefficient (Wildman–Crippen LogP) is 15.0. The monoisotopic (exact) mass is 819 g/mol. The molecule has 0 aromatic heterocycles. The van der Waals surface area contributed by atoms with Gasteiger partial charge >= 0.3 is 11.9 Å². The number of amides is 1. The number of carboxylic acids is 1. The first-order chi connectivity index (χ1) is 28.4. The van der Waals surface area contributed by atoms with Crippen LogP contribution in [0.15, 0.2) is 12.2 Å². The van der Waals surface area contributed by atoms with E-state index in [-0.39, 0.29) is 18.0 Å². The Balaban J connectivity index is 4.16. The number of nitrogens with two attached hydrogens (primary N) is 1. The van der Waals surface area contributed by atoms with Gasteiger partial charge in [-0.1, -0.05) is 199 Å². The lowest BCUT2D eigenvalue weighted by Gasteiger charge is -2.18. The summed E-state index contributed by atoms with van der Waals surface area (Å²) in [5.74, 6) is -1.21. The molecule has 0 aromatic rings. The molecule has 0 aliphatic carbocycles. The molecule has 0 aliphatic heterocycles. The highest BCUT2D eigenvalue weighted by molar-refractivity contribution is 5.83. The van der Waals surface area contributed by atoms with E-state index < -0.39 is 12.0 Å². The van der Waals surface area contributed by atoms with Gasteiger partial charge in [-0.3, -0.25) is 9.59 Å². The second-order valence-electron chi connectivity index (χ2n) is 17.6. The van der Waals surface area contributed by atoms with Crippen LogP contribution in [0, 0.1) is 0 Å². The van der Waals surface area contributed by atoms with E-state index in [0.29, 0.717) is 32.2 Å². The molecule has 4 N–H and O–H groups in total. The van der Waals surface area contributed by atoms with Crippen molar-refractivity contribution in [2.75, 3.05) is 6.54 Å². The molecule has 0 aliphatic rings. The summed E-state index contributed by atoms with van der Waals surface area (Å²) in [6.45, 7) is 4.97. The molecule has 0 bridgehead atoms. The fourth-order valence-electron chi connectivity index (χ4n) is 7.98. The van der Waals surface area contributed by atoms with Crippen LogP contribution in [0.3, 0.4) is 0 Å². The van der Waals surface area contributed by atoms with Gasteiger partial charge in [0, 0.05) is 12.8 Å². The van der Waals surface area contributed by atoms with Crippen LogP contribution in [-0.2, 0) is 19.1 Å². The summed E-state index contributed by atoms with van der Waals surface area (Å²) in [6.07, 6.45) is 52.7. The number of ether oxygens (including phenoxy) is 1. The van der Waals surface area contributed by atoms with Crippen LogP contribution in [0.5, 0.6) is 0 Å². The second-order valence-corrected chi connectivity index (χ2v) is 17.6. The molecule has 0 fully saturated rings. The van der Waals surface area contributed by atoms with Gasteiger partial charge in [-0.2, -0.15) is 0 Å². The maximum Gasteiger partial charge on any atom is 0.326 e. The van der Waals surface area contributed by atoms with E-state index >= 15 is 0 Å². The quantitative estimate of drug-likeness (QED) is 0.0320. The van der Waals surface area contributed by atoms with E-state index in [4.69, 9.17) is 10.5 Å². The van der Waals surface area contributed by atoms with Crippen LogP contribution < -0.4 is 11.1 Å². The Morgan fingerprint density at radius 3 is 1.24 bits per heavy atom. The Kier molecular flexibility index (Phi) is 44.7. The largest absolute Gasteiger partial charge is 0.480 e. The lowest BCUT2D eigenvalue weighted by molar-refractivity contribution is -0.150. The molecule has 0 heterocycles. The number of hydrogen-bond acceptors (Lipinski definition) is 5. The molecule has 2 unspecified atom stereocenters. The Morgan fingerprint density at radius 2 is 0.845 bits per heavy atom. The van der Waals surface area contributed by atoms with Gasteiger partial charge in [-0.25, -0.2) is 4.79 Å². The van der Waals surface area contributed by atoms with Crippen molar-refractivity contribution in [3.63, 3.8) is 0 Å². The summed E-state index contributed by atoms with van der Waals surface area (Å²) in [7, 11) is 0. The van der Waals surface area contributed by atoms with Crippen molar-refractivity contribution in [3.8, 4) is 0 Å². The predicted molar refractivity (Wildman–Crippen MR) is 248 cm³/mol. The Bertz CT molecular complexity index is 925. The lowest BCUT2D eigenvalue weighted by Crippen LogP contribution is -2.40. The van der Waals surface area contributed by atoms with Crippen LogP contribution in [-0.4, -0.2) is 41.6 Å². The van der Waals surface area contributed by atoms with Gasteiger partial charge in [0.25, 0.3) is 0 Å². The number of carboxylic acid groups (broad SMARTS) is 1. The number of allylic oxidation sites excluding steroid dienone is 2. The SMILES string of the molecule is CCCCCCCCCC/C=C\CCCCCCCCCCCC(=O)OC(CCCCCCCCCCCCC)CCCCCCCC(=O)NC(CCCN)C(=O)O. The molecule has 0 spiro atoms. The fourth-order valence-corrected chi connectivity index (χ4v) is 7.98. The van der Waals surface area contributed by atoms with E-state index in [2.05, 4.69) is 31.3 Å². The minimum atomic E-state index is -1.00. The number of carbonyl (C=O) groups is 3. The average Bonchev–Trinajstić information content (AvgIpc) is 3.21. The molecule has 0 saturated carbocycles. The van der Waals surface area contributed by atoms with Crippen molar-refractivity contribution in [2.45, 2.75) is 289 Å². The van der Waals surface area contributed by atoms with Gasteiger partial charge in [-0.15, -0.1) is 0 Å². The first-order valence-corrected chi connectivity index (χ1v) is 25.5. The first kappa shape index (κ1) is 56.1. The molecule has 0 rings (SSSR count). The third kappa shape index (κ3) is 42.2. The molecular formula is C51H98N2O5. The molecule has 0 saturated heterocycles. The van der Waals surface area contributed by atoms with Gasteiger partial charge in [0.05, 0.1) is 0 Å². The fraction of sp³-hybridized carbons (Fsp3) is 0.902. The molecule has 0 radical (unpaired) electrons. The average molecular weight is 819 g/mol. The number of esters is 1. The van der Waals surface area contributed by atoms with Gasteiger partial charge in [-0.05, 0) is 83.6 Å². The maximum atomic E-state index is 12.9. The van der Waals surface area contributed by atoms with Crippen LogP contribution in [0.2, 0.25) is 0 Å². The van der Waals surface area contributed by atoms with Crippen LogP contribution in [0.4, 0.5) is 0 Å². The molecule has 342 valence electrons. The number of hydrogen-bond donors (Lipinski definition) is 3. The third-order valence-corrected chi connectivity index (χ3v) is 11.8. The van der Waals surface area contributed by atoms with Gasteiger partial charge in [0.2, 0.25) is 5.91 Å². The summed E-state index contributed by atoms with van der Waals surface area (Å²) in [4.78, 5) is 36.5. The summed E-state index contributed by atoms with van der Waals surface area (Å²) >= 11 is 0. The van der Waals surface area contributed by atoms with Gasteiger partial charge in [0.1, 0.15) is 12.1 Å². The van der Waals surface area contributed by atoms with Crippen LogP contribution in [0.25, 0.3) is 0 Å². The highest BCUT2D eigenvalue weighted by Crippen LogP contribution is 2.19. The summed E-state index contributed by atoms with van der Waals surface area (Å²) in [6, 6.07) is -0.854. The van der Waals surface area contributed by atoms with E-state index in [9.17, 15) is 19.5 Å². The first-order valence-electron chi connectivity index (χ1n) is 25.5. The van der Waals surface area contributed by atoms with E-state index in [1.807, 2.05) is 0 Å². The molecule has 7 nitrogen and oxygen atoms in total. The van der Waals surface area contributed by atoms with Gasteiger partial charge < -0.3 is 20.9 Å². The Morgan fingerprint density at radius 1 is 0.483 bits per heavy atom. The zero-order valence-electron chi connectivity index (χ0n) is 38.7. The molecule has 1 amide bonds. The van der Waals surface area contributed by atoms with Crippen molar-refractivity contribution >= 4 is 17.8 Å². The molecular weight excluding hydrogens is 721 g/mol.